The Kier molecular flexibility index (Phi) is 4.65. The van der Waals surface area contributed by atoms with Gasteiger partial charge in [-0.2, -0.15) is 0 Å². The molecule has 18 heavy (non-hydrogen) atoms. The minimum Gasteiger partial charge on any atom is -0.342 e. The highest BCUT2D eigenvalue weighted by Gasteiger charge is 2.07. The molecule has 0 amide bonds. The Bertz CT molecular complexity index is 516. The number of fused-ring (bicyclic) bond motifs is 1. The van der Waals surface area contributed by atoms with E-state index in [2.05, 4.69) is 16.9 Å². The van der Waals surface area contributed by atoms with Gasteiger partial charge in [-0.15, -0.1) is 0 Å². The molecule has 0 aliphatic heterocycles. The Morgan fingerprint density at radius 3 is 2.72 bits per heavy atom. The summed E-state index contributed by atoms with van der Waals surface area (Å²) < 4.78 is 0. The van der Waals surface area contributed by atoms with Gasteiger partial charge in [0.15, 0.2) is 0 Å². The molecule has 3 heteroatoms. The molecule has 98 valence electrons. The first-order valence-corrected chi connectivity index (χ1v) is 7.24. The first-order valence-electron chi connectivity index (χ1n) is 6.86. The van der Waals surface area contributed by atoms with E-state index < -0.39 is 0 Å². The maximum atomic E-state index is 6.10. The SMILES string of the molecule is CCCCCCCc1nc2c(C)c(Cl)ccc2[nH]1. The number of benzene rings is 1. The number of unbranched alkanes of at least 4 members (excludes halogenated alkanes) is 4. The summed E-state index contributed by atoms with van der Waals surface area (Å²) in [6, 6.07) is 3.95. The van der Waals surface area contributed by atoms with Crippen molar-refractivity contribution >= 4 is 22.6 Å². The van der Waals surface area contributed by atoms with E-state index in [0.29, 0.717) is 0 Å². The first-order chi connectivity index (χ1) is 8.72. The lowest BCUT2D eigenvalue weighted by Gasteiger charge is -1.97. The van der Waals surface area contributed by atoms with Crippen LogP contribution in [0, 0.1) is 6.92 Å². The molecule has 0 fully saturated rings. The zero-order valence-corrected chi connectivity index (χ0v) is 12.0. The van der Waals surface area contributed by atoms with Crippen molar-refractivity contribution in [2.24, 2.45) is 0 Å². The molecule has 0 saturated heterocycles. The van der Waals surface area contributed by atoms with Crippen molar-refractivity contribution in [2.45, 2.75) is 52.4 Å². The number of hydrogen-bond donors (Lipinski definition) is 1. The van der Waals surface area contributed by atoms with E-state index in [0.717, 1.165) is 33.9 Å². The van der Waals surface area contributed by atoms with Crippen LogP contribution in [0.3, 0.4) is 0 Å². The normalized spacial score (nSPS) is 11.3. The van der Waals surface area contributed by atoms with Crippen LogP contribution in [0.1, 0.15) is 50.4 Å². The Labute approximate surface area is 114 Å². The van der Waals surface area contributed by atoms with E-state index in [-0.39, 0.29) is 0 Å². The van der Waals surface area contributed by atoms with Crippen LogP contribution in [-0.2, 0) is 6.42 Å². The van der Waals surface area contributed by atoms with Crippen LogP contribution < -0.4 is 0 Å². The summed E-state index contributed by atoms with van der Waals surface area (Å²) in [5.41, 5.74) is 3.19. The van der Waals surface area contributed by atoms with Crippen molar-refractivity contribution in [2.75, 3.05) is 0 Å². The van der Waals surface area contributed by atoms with Crippen LogP contribution in [-0.4, -0.2) is 9.97 Å². The molecule has 2 rings (SSSR count). The highest BCUT2D eigenvalue weighted by Crippen LogP contribution is 2.23. The average molecular weight is 265 g/mol. The van der Waals surface area contributed by atoms with E-state index in [9.17, 15) is 0 Å². The molecule has 0 saturated carbocycles. The summed E-state index contributed by atoms with van der Waals surface area (Å²) in [7, 11) is 0. The largest absolute Gasteiger partial charge is 0.342 e. The molecule has 2 aromatic rings. The van der Waals surface area contributed by atoms with Gasteiger partial charge in [0.2, 0.25) is 0 Å². The fourth-order valence-corrected chi connectivity index (χ4v) is 2.41. The third kappa shape index (κ3) is 3.05. The number of aromatic amines is 1. The molecule has 0 aliphatic carbocycles. The fraction of sp³-hybridized carbons (Fsp3) is 0.533. The maximum Gasteiger partial charge on any atom is 0.107 e. The Morgan fingerprint density at radius 1 is 1.17 bits per heavy atom. The second kappa shape index (κ2) is 6.24. The van der Waals surface area contributed by atoms with Crippen molar-refractivity contribution in [1.82, 2.24) is 9.97 Å². The molecule has 0 spiro atoms. The predicted octanol–water partition coefficient (Wildman–Crippen LogP) is 5.04. The minimum absolute atomic E-state index is 0.795. The monoisotopic (exact) mass is 264 g/mol. The summed E-state index contributed by atoms with van der Waals surface area (Å²) in [6.07, 6.45) is 7.52. The maximum absolute atomic E-state index is 6.10. The quantitative estimate of drug-likeness (QED) is 0.728. The Hall–Kier alpha value is -1.02. The molecular formula is C15H21ClN2. The second-order valence-corrected chi connectivity index (χ2v) is 5.32. The van der Waals surface area contributed by atoms with Crippen LogP contribution in [0.2, 0.25) is 5.02 Å². The topological polar surface area (TPSA) is 28.7 Å². The summed E-state index contributed by atoms with van der Waals surface area (Å²) in [5, 5.41) is 0.795. The van der Waals surface area contributed by atoms with Crippen molar-refractivity contribution < 1.29 is 0 Å². The molecule has 0 unspecified atom stereocenters. The van der Waals surface area contributed by atoms with Gasteiger partial charge in [0.25, 0.3) is 0 Å². The fourth-order valence-electron chi connectivity index (χ4n) is 2.25. The molecule has 1 heterocycles. The molecule has 1 aromatic carbocycles. The van der Waals surface area contributed by atoms with Crippen molar-refractivity contribution in [1.29, 1.82) is 0 Å². The average Bonchev–Trinajstić information content (AvgIpc) is 2.78. The number of H-pyrrole nitrogens is 1. The lowest BCUT2D eigenvalue weighted by molar-refractivity contribution is 0.625. The van der Waals surface area contributed by atoms with Crippen molar-refractivity contribution in [3.63, 3.8) is 0 Å². The van der Waals surface area contributed by atoms with Crippen LogP contribution in [0.4, 0.5) is 0 Å². The van der Waals surface area contributed by atoms with Crippen molar-refractivity contribution in [3.05, 3.63) is 28.5 Å². The number of nitrogens with one attached hydrogen (secondary N) is 1. The summed E-state index contributed by atoms with van der Waals surface area (Å²) in [6.45, 7) is 4.27. The highest BCUT2D eigenvalue weighted by atomic mass is 35.5. The van der Waals surface area contributed by atoms with E-state index in [1.807, 2.05) is 19.1 Å². The first kappa shape index (κ1) is 13.4. The van der Waals surface area contributed by atoms with Gasteiger partial charge in [-0.05, 0) is 31.0 Å². The van der Waals surface area contributed by atoms with Gasteiger partial charge in [-0.3, -0.25) is 0 Å². The van der Waals surface area contributed by atoms with Crippen molar-refractivity contribution in [3.8, 4) is 0 Å². The Morgan fingerprint density at radius 2 is 1.94 bits per heavy atom. The van der Waals surface area contributed by atoms with E-state index >= 15 is 0 Å². The zero-order chi connectivity index (χ0) is 13.0. The molecule has 0 radical (unpaired) electrons. The zero-order valence-electron chi connectivity index (χ0n) is 11.2. The number of nitrogens with zero attached hydrogens (tertiary/aromatic N) is 1. The van der Waals surface area contributed by atoms with Gasteiger partial charge < -0.3 is 4.98 Å². The van der Waals surface area contributed by atoms with Crippen LogP contribution in [0.5, 0.6) is 0 Å². The van der Waals surface area contributed by atoms with E-state index in [1.165, 1.54) is 32.1 Å². The molecule has 2 nitrogen and oxygen atoms in total. The molecule has 1 aromatic heterocycles. The predicted molar refractivity (Wildman–Crippen MR) is 78.3 cm³/mol. The molecular weight excluding hydrogens is 244 g/mol. The Balaban J connectivity index is 2.00. The smallest absolute Gasteiger partial charge is 0.107 e. The van der Waals surface area contributed by atoms with Gasteiger partial charge in [0.05, 0.1) is 11.0 Å². The van der Waals surface area contributed by atoms with Gasteiger partial charge >= 0.3 is 0 Å². The van der Waals surface area contributed by atoms with E-state index in [1.54, 1.807) is 0 Å². The third-order valence-corrected chi connectivity index (χ3v) is 3.82. The lowest BCUT2D eigenvalue weighted by atomic mass is 10.1. The molecule has 0 aliphatic rings. The number of aromatic nitrogens is 2. The molecule has 0 atom stereocenters. The highest BCUT2D eigenvalue weighted by molar-refractivity contribution is 6.32. The second-order valence-electron chi connectivity index (χ2n) is 4.92. The number of imidazole rings is 1. The molecule has 1 N–H and O–H groups in total. The van der Waals surface area contributed by atoms with Gasteiger partial charge in [0.1, 0.15) is 5.82 Å². The van der Waals surface area contributed by atoms with Gasteiger partial charge in [-0.25, -0.2) is 4.98 Å². The van der Waals surface area contributed by atoms with Crippen LogP contribution in [0.25, 0.3) is 11.0 Å². The number of rotatable bonds is 6. The van der Waals surface area contributed by atoms with E-state index in [4.69, 9.17) is 11.6 Å². The third-order valence-electron chi connectivity index (χ3n) is 3.41. The number of halogens is 1. The number of aryl methyl sites for hydroxylation is 2. The van der Waals surface area contributed by atoms with Crippen LogP contribution >= 0.6 is 11.6 Å². The standard InChI is InChI=1S/C15H21ClN2/c1-3-4-5-6-7-8-14-17-13-10-9-12(16)11(2)15(13)18-14/h9-10H,3-8H2,1-2H3,(H,17,18). The lowest BCUT2D eigenvalue weighted by Crippen LogP contribution is -1.88. The summed E-state index contributed by atoms with van der Waals surface area (Å²) >= 11 is 6.10. The summed E-state index contributed by atoms with van der Waals surface area (Å²) in [4.78, 5) is 8.04. The number of hydrogen-bond acceptors (Lipinski definition) is 1. The van der Waals surface area contributed by atoms with Gasteiger partial charge in [0, 0.05) is 11.4 Å². The van der Waals surface area contributed by atoms with Gasteiger partial charge in [-0.1, -0.05) is 44.2 Å². The summed E-state index contributed by atoms with van der Waals surface area (Å²) in [5.74, 6) is 1.09. The van der Waals surface area contributed by atoms with Crippen LogP contribution in [0.15, 0.2) is 12.1 Å². The minimum atomic E-state index is 0.795. The molecule has 0 bridgehead atoms.